The van der Waals surface area contributed by atoms with Crippen molar-refractivity contribution < 1.29 is 18.7 Å². The highest BCUT2D eigenvalue weighted by Gasteiger charge is 2.45. The number of carbonyl (C=O) groups is 1. The number of likely N-dealkylation sites (N-methyl/N-ethyl adjacent to an activating group) is 1. The number of carbonyl (C=O) groups excluding carboxylic acids is 1. The first-order valence-electron chi connectivity index (χ1n) is 7.87. The van der Waals surface area contributed by atoms with Gasteiger partial charge >= 0.3 is 0 Å². The first-order valence-corrected chi connectivity index (χ1v) is 7.87. The predicted molar refractivity (Wildman–Crippen MR) is 81.2 cm³/mol. The zero-order valence-electron chi connectivity index (χ0n) is 13.3. The molecule has 1 aromatic heterocycles. The van der Waals surface area contributed by atoms with Crippen LogP contribution in [0, 0.1) is 5.82 Å². The van der Waals surface area contributed by atoms with Crippen LogP contribution in [-0.4, -0.2) is 60.8 Å². The molecule has 2 fully saturated rings. The molecule has 1 aromatic rings. The second-order valence-electron chi connectivity index (χ2n) is 6.23. The number of nitrogens with zero attached hydrogens (tertiary/aromatic N) is 2. The van der Waals surface area contributed by atoms with E-state index in [4.69, 9.17) is 9.47 Å². The van der Waals surface area contributed by atoms with Gasteiger partial charge in [0.1, 0.15) is 12.4 Å². The largest absolute Gasteiger partial charge is 0.371 e. The van der Waals surface area contributed by atoms with Crippen molar-refractivity contribution in [1.29, 1.82) is 0 Å². The highest BCUT2D eigenvalue weighted by atomic mass is 19.1. The minimum atomic E-state index is -0.271. The molecule has 2 atom stereocenters. The van der Waals surface area contributed by atoms with Crippen LogP contribution in [-0.2, 0) is 20.8 Å². The minimum Gasteiger partial charge on any atom is -0.371 e. The molecule has 1 N–H and O–H groups in total. The Morgan fingerprint density at radius 2 is 2.52 bits per heavy atom. The third kappa shape index (κ3) is 3.85. The van der Waals surface area contributed by atoms with E-state index < -0.39 is 0 Å². The van der Waals surface area contributed by atoms with Gasteiger partial charge < -0.3 is 14.8 Å². The summed E-state index contributed by atoms with van der Waals surface area (Å²) >= 11 is 0. The van der Waals surface area contributed by atoms with E-state index in [9.17, 15) is 9.18 Å². The summed E-state index contributed by atoms with van der Waals surface area (Å²) in [7, 11) is 1.59. The lowest BCUT2D eigenvalue weighted by molar-refractivity contribution is -0.127. The summed E-state index contributed by atoms with van der Waals surface area (Å²) in [5.74, 6) is -0.403. The van der Waals surface area contributed by atoms with Crippen molar-refractivity contribution in [3.05, 3.63) is 29.8 Å². The van der Waals surface area contributed by atoms with Crippen molar-refractivity contribution in [3.63, 3.8) is 0 Å². The van der Waals surface area contributed by atoms with Crippen LogP contribution < -0.4 is 5.32 Å². The zero-order valence-corrected chi connectivity index (χ0v) is 13.3. The number of nitrogens with one attached hydrogen (secondary N) is 1. The molecule has 2 aliphatic heterocycles. The molecule has 6 nitrogen and oxygen atoms in total. The van der Waals surface area contributed by atoms with E-state index in [0.29, 0.717) is 18.7 Å². The maximum absolute atomic E-state index is 13.7. The van der Waals surface area contributed by atoms with Crippen LogP contribution in [0.15, 0.2) is 18.5 Å². The van der Waals surface area contributed by atoms with E-state index in [2.05, 4.69) is 15.2 Å². The Balaban J connectivity index is 1.51. The van der Waals surface area contributed by atoms with Crippen molar-refractivity contribution in [3.8, 4) is 0 Å². The van der Waals surface area contributed by atoms with Gasteiger partial charge in [-0.1, -0.05) is 0 Å². The fraction of sp³-hybridized carbons (Fsp3) is 0.625. The Kier molecular flexibility index (Phi) is 4.89. The number of amides is 1. The Morgan fingerprint density at radius 1 is 1.65 bits per heavy atom. The predicted octanol–water partition coefficient (Wildman–Crippen LogP) is 0.717. The van der Waals surface area contributed by atoms with Gasteiger partial charge in [0.25, 0.3) is 0 Å². The summed E-state index contributed by atoms with van der Waals surface area (Å²) in [6.07, 6.45) is 4.48. The van der Waals surface area contributed by atoms with Crippen molar-refractivity contribution in [2.75, 3.05) is 33.4 Å². The molecule has 23 heavy (non-hydrogen) atoms. The molecule has 0 saturated carbocycles. The quantitative estimate of drug-likeness (QED) is 0.865. The van der Waals surface area contributed by atoms with Crippen molar-refractivity contribution >= 4 is 5.91 Å². The van der Waals surface area contributed by atoms with Crippen LogP contribution >= 0.6 is 0 Å². The minimum absolute atomic E-state index is 0.0510. The lowest BCUT2D eigenvalue weighted by atomic mass is 9.98. The van der Waals surface area contributed by atoms with Crippen LogP contribution in [0.5, 0.6) is 0 Å². The summed E-state index contributed by atoms with van der Waals surface area (Å²) in [5.41, 5.74) is 0.430. The van der Waals surface area contributed by atoms with Crippen LogP contribution in [0.4, 0.5) is 4.39 Å². The first-order chi connectivity index (χ1) is 11.1. The van der Waals surface area contributed by atoms with E-state index in [1.807, 2.05) is 0 Å². The Labute approximate surface area is 135 Å². The number of ether oxygens (including phenoxy) is 2. The Bertz CT molecular complexity index is 571. The van der Waals surface area contributed by atoms with Crippen LogP contribution in [0.2, 0.25) is 0 Å². The SMILES string of the molecule is CNC(=O)CO[C@@H]1CO[C@]2(CCN(Cc3ccncc3F)C2)C1. The lowest BCUT2D eigenvalue weighted by Gasteiger charge is -2.23. The highest BCUT2D eigenvalue weighted by molar-refractivity contribution is 5.76. The van der Waals surface area contributed by atoms with Gasteiger partial charge in [0, 0.05) is 44.9 Å². The van der Waals surface area contributed by atoms with Gasteiger partial charge in [-0.15, -0.1) is 0 Å². The molecule has 7 heteroatoms. The van der Waals surface area contributed by atoms with Gasteiger partial charge in [-0.25, -0.2) is 4.39 Å². The van der Waals surface area contributed by atoms with Crippen LogP contribution in [0.25, 0.3) is 0 Å². The summed E-state index contributed by atoms with van der Waals surface area (Å²) < 4.78 is 25.3. The molecule has 1 spiro atoms. The van der Waals surface area contributed by atoms with Crippen LogP contribution in [0.1, 0.15) is 18.4 Å². The van der Waals surface area contributed by atoms with E-state index in [1.165, 1.54) is 6.20 Å². The summed E-state index contributed by atoms with van der Waals surface area (Å²) in [4.78, 5) is 17.2. The maximum atomic E-state index is 13.7. The number of halogens is 1. The lowest BCUT2D eigenvalue weighted by Crippen LogP contribution is -2.33. The van der Waals surface area contributed by atoms with E-state index >= 15 is 0 Å². The summed E-state index contributed by atoms with van der Waals surface area (Å²) in [6.45, 7) is 2.75. The van der Waals surface area contributed by atoms with Gasteiger partial charge in [-0.3, -0.25) is 14.7 Å². The molecule has 3 rings (SSSR count). The van der Waals surface area contributed by atoms with Gasteiger partial charge in [0.15, 0.2) is 0 Å². The van der Waals surface area contributed by atoms with Gasteiger partial charge in [-0.05, 0) is 12.5 Å². The topological polar surface area (TPSA) is 63.7 Å². The van der Waals surface area contributed by atoms with Gasteiger partial charge in [0.2, 0.25) is 5.91 Å². The third-order valence-electron chi connectivity index (χ3n) is 4.55. The Hall–Kier alpha value is -1.57. The monoisotopic (exact) mass is 323 g/mol. The number of pyridine rings is 1. The zero-order chi connectivity index (χ0) is 16.3. The van der Waals surface area contributed by atoms with Crippen molar-refractivity contribution in [2.24, 2.45) is 0 Å². The Morgan fingerprint density at radius 3 is 3.30 bits per heavy atom. The average Bonchev–Trinajstić information content (AvgIpc) is 3.14. The molecule has 0 unspecified atom stereocenters. The molecular formula is C16H22FN3O3. The standard InChI is InChI=1S/C16H22FN3O3/c1-18-15(21)10-22-13-6-16(23-9-13)3-5-20(11-16)8-12-2-4-19-7-14(12)17/h2,4,7,13H,3,5-6,8-11H2,1H3,(H,18,21)/t13-,16+/m0/s1. The summed E-state index contributed by atoms with van der Waals surface area (Å²) in [5, 5.41) is 2.54. The number of likely N-dealkylation sites (tertiary alicyclic amines) is 1. The molecule has 0 radical (unpaired) electrons. The highest BCUT2D eigenvalue weighted by Crippen LogP contribution is 2.36. The molecule has 126 valence electrons. The molecule has 0 bridgehead atoms. The molecule has 2 saturated heterocycles. The molecule has 2 aliphatic rings. The maximum Gasteiger partial charge on any atom is 0.245 e. The van der Waals surface area contributed by atoms with Gasteiger partial charge in [-0.2, -0.15) is 0 Å². The molecular weight excluding hydrogens is 301 g/mol. The summed E-state index contributed by atoms with van der Waals surface area (Å²) in [6, 6.07) is 1.71. The van der Waals surface area contributed by atoms with E-state index in [0.717, 1.165) is 25.9 Å². The molecule has 3 heterocycles. The fourth-order valence-electron chi connectivity index (χ4n) is 3.30. The normalized spacial score (nSPS) is 27.7. The number of hydrogen-bond donors (Lipinski definition) is 1. The first kappa shape index (κ1) is 16.3. The molecule has 0 aromatic carbocycles. The van der Waals surface area contributed by atoms with E-state index in [1.54, 1.807) is 19.3 Å². The van der Waals surface area contributed by atoms with Crippen molar-refractivity contribution in [2.45, 2.75) is 31.1 Å². The average molecular weight is 323 g/mol. The van der Waals surface area contributed by atoms with Crippen LogP contribution in [0.3, 0.4) is 0 Å². The molecule has 0 aliphatic carbocycles. The third-order valence-corrected chi connectivity index (χ3v) is 4.55. The molecule has 1 amide bonds. The number of rotatable bonds is 5. The second-order valence-corrected chi connectivity index (χ2v) is 6.23. The van der Waals surface area contributed by atoms with Gasteiger partial charge in [0.05, 0.1) is 24.5 Å². The second kappa shape index (κ2) is 6.90. The van der Waals surface area contributed by atoms with E-state index in [-0.39, 0.29) is 30.0 Å². The number of aromatic nitrogens is 1. The fourth-order valence-corrected chi connectivity index (χ4v) is 3.30. The van der Waals surface area contributed by atoms with Crippen molar-refractivity contribution in [1.82, 2.24) is 15.2 Å². The smallest absolute Gasteiger partial charge is 0.245 e. The number of hydrogen-bond acceptors (Lipinski definition) is 5.